The number of carbonyl (C=O) groups excluding carboxylic acids is 1. The predicted octanol–water partition coefficient (Wildman–Crippen LogP) is 1.70. The van der Waals surface area contributed by atoms with Crippen LogP contribution in [0, 0.1) is 12.8 Å². The standard InChI is InChI=1S/C9H13N3OS2/c1-3-6(7(10)14)8(13)12-9-11-5(2)4-15-9/h4,6H,3H2,1-2H3,(H2,10,14)(H,11,12,13). The number of thiocarbonyl (C=S) groups is 1. The second kappa shape index (κ2) is 5.18. The summed E-state index contributed by atoms with van der Waals surface area (Å²) in [4.78, 5) is 16.0. The van der Waals surface area contributed by atoms with Gasteiger partial charge in [-0.3, -0.25) is 4.79 Å². The second-order valence-electron chi connectivity index (χ2n) is 3.15. The number of aryl methyl sites for hydroxylation is 1. The molecule has 1 aromatic rings. The van der Waals surface area contributed by atoms with Crippen LogP contribution in [0.4, 0.5) is 5.13 Å². The van der Waals surface area contributed by atoms with Gasteiger partial charge in [-0.1, -0.05) is 19.1 Å². The van der Waals surface area contributed by atoms with Gasteiger partial charge in [-0.15, -0.1) is 11.3 Å². The molecule has 0 spiro atoms. The molecule has 1 atom stereocenters. The largest absolute Gasteiger partial charge is 0.393 e. The van der Waals surface area contributed by atoms with Crippen molar-refractivity contribution in [1.29, 1.82) is 0 Å². The van der Waals surface area contributed by atoms with Crippen LogP contribution in [0.15, 0.2) is 5.38 Å². The number of nitrogens with two attached hydrogens (primary N) is 1. The van der Waals surface area contributed by atoms with E-state index in [1.807, 2.05) is 19.2 Å². The summed E-state index contributed by atoms with van der Waals surface area (Å²) in [6, 6.07) is 0. The predicted molar refractivity (Wildman–Crippen MR) is 66.0 cm³/mol. The number of nitrogens with zero attached hydrogens (tertiary/aromatic N) is 1. The van der Waals surface area contributed by atoms with Crippen molar-refractivity contribution in [2.45, 2.75) is 20.3 Å². The fraction of sp³-hybridized carbons (Fsp3) is 0.444. The van der Waals surface area contributed by atoms with Crippen molar-refractivity contribution in [3.8, 4) is 0 Å². The number of hydrogen-bond donors (Lipinski definition) is 2. The van der Waals surface area contributed by atoms with Gasteiger partial charge < -0.3 is 11.1 Å². The molecule has 0 aliphatic rings. The van der Waals surface area contributed by atoms with E-state index in [1.165, 1.54) is 11.3 Å². The number of hydrogen-bond acceptors (Lipinski definition) is 4. The summed E-state index contributed by atoms with van der Waals surface area (Å²) in [5, 5.41) is 5.16. The third kappa shape index (κ3) is 3.24. The van der Waals surface area contributed by atoms with Gasteiger partial charge in [0.2, 0.25) is 5.91 Å². The van der Waals surface area contributed by atoms with E-state index in [-0.39, 0.29) is 10.9 Å². The van der Waals surface area contributed by atoms with Crippen LogP contribution in [0.25, 0.3) is 0 Å². The Morgan fingerprint density at radius 1 is 1.80 bits per heavy atom. The smallest absolute Gasteiger partial charge is 0.236 e. The monoisotopic (exact) mass is 243 g/mol. The van der Waals surface area contributed by atoms with Crippen molar-refractivity contribution in [1.82, 2.24) is 4.98 Å². The van der Waals surface area contributed by atoms with Crippen molar-refractivity contribution in [2.75, 3.05) is 5.32 Å². The SMILES string of the molecule is CCC(C(=O)Nc1nc(C)cs1)C(N)=S. The number of amides is 1. The van der Waals surface area contributed by atoms with E-state index in [0.29, 0.717) is 11.6 Å². The van der Waals surface area contributed by atoms with Crippen LogP contribution in [-0.4, -0.2) is 15.9 Å². The molecule has 1 unspecified atom stereocenters. The lowest BCUT2D eigenvalue weighted by Crippen LogP contribution is -2.32. The molecule has 1 rings (SSSR count). The van der Waals surface area contributed by atoms with E-state index in [2.05, 4.69) is 10.3 Å². The van der Waals surface area contributed by atoms with Crippen LogP contribution < -0.4 is 11.1 Å². The van der Waals surface area contributed by atoms with Crippen molar-refractivity contribution in [2.24, 2.45) is 11.7 Å². The Balaban J connectivity index is 2.66. The van der Waals surface area contributed by atoms with Gasteiger partial charge in [0.05, 0.1) is 16.6 Å². The number of carbonyl (C=O) groups is 1. The van der Waals surface area contributed by atoms with E-state index < -0.39 is 5.92 Å². The number of aromatic nitrogens is 1. The van der Waals surface area contributed by atoms with Gasteiger partial charge in [-0.25, -0.2) is 4.98 Å². The summed E-state index contributed by atoms with van der Waals surface area (Å²) in [5.41, 5.74) is 6.35. The van der Waals surface area contributed by atoms with Crippen LogP contribution in [0.2, 0.25) is 0 Å². The molecule has 4 nitrogen and oxygen atoms in total. The van der Waals surface area contributed by atoms with Crippen LogP contribution in [0.1, 0.15) is 19.0 Å². The molecule has 0 aliphatic carbocycles. The van der Waals surface area contributed by atoms with Gasteiger partial charge in [-0.05, 0) is 13.3 Å². The zero-order chi connectivity index (χ0) is 11.4. The zero-order valence-electron chi connectivity index (χ0n) is 8.61. The van der Waals surface area contributed by atoms with Gasteiger partial charge in [0.1, 0.15) is 0 Å². The quantitative estimate of drug-likeness (QED) is 0.790. The molecular formula is C9H13N3OS2. The second-order valence-corrected chi connectivity index (χ2v) is 4.48. The summed E-state index contributed by atoms with van der Waals surface area (Å²) in [6.45, 7) is 3.74. The van der Waals surface area contributed by atoms with Crippen LogP contribution in [0.5, 0.6) is 0 Å². The number of rotatable bonds is 4. The number of nitrogens with one attached hydrogen (secondary N) is 1. The summed E-state index contributed by atoms with van der Waals surface area (Å²) in [5.74, 6) is -0.594. The van der Waals surface area contributed by atoms with Crippen LogP contribution >= 0.6 is 23.6 Å². The maximum Gasteiger partial charge on any atom is 0.236 e. The van der Waals surface area contributed by atoms with E-state index in [4.69, 9.17) is 18.0 Å². The molecule has 6 heteroatoms. The number of thiazole rings is 1. The third-order valence-corrected chi connectivity index (χ3v) is 3.08. The van der Waals surface area contributed by atoms with Gasteiger partial charge >= 0.3 is 0 Å². The average molecular weight is 243 g/mol. The summed E-state index contributed by atoms with van der Waals surface area (Å²) in [7, 11) is 0. The van der Waals surface area contributed by atoms with E-state index in [9.17, 15) is 4.79 Å². The minimum Gasteiger partial charge on any atom is -0.393 e. The topological polar surface area (TPSA) is 68.0 Å². The molecule has 1 amide bonds. The Hall–Kier alpha value is -1.01. The highest BCUT2D eigenvalue weighted by atomic mass is 32.1. The van der Waals surface area contributed by atoms with E-state index in [1.54, 1.807) is 0 Å². The highest BCUT2D eigenvalue weighted by molar-refractivity contribution is 7.80. The molecule has 0 fully saturated rings. The minimum absolute atomic E-state index is 0.181. The fourth-order valence-corrected chi connectivity index (χ4v) is 2.08. The normalized spacial score (nSPS) is 12.1. The molecule has 0 radical (unpaired) electrons. The van der Waals surface area contributed by atoms with Gasteiger partial charge in [-0.2, -0.15) is 0 Å². The maximum atomic E-state index is 11.7. The van der Waals surface area contributed by atoms with Crippen molar-refractivity contribution in [3.63, 3.8) is 0 Å². The molecule has 0 saturated heterocycles. The molecule has 3 N–H and O–H groups in total. The van der Waals surface area contributed by atoms with Crippen molar-refractivity contribution < 1.29 is 4.79 Å². The van der Waals surface area contributed by atoms with E-state index >= 15 is 0 Å². The van der Waals surface area contributed by atoms with Gasteiger partial charge in [0, 0.05) is 5.38 Å². The molecule has 0 saturated carbocycles. The first-order valence-corrected chi connectivity index (χ1v) is 5.85. The van der Waals surface area contributed by atoms with Crippen molar-refractivity contribution in [3.05, 3.63) is 11.1 Å². The first-order valence-electron chi connectivity index (χ1n) is 4.57. The molecule has 1 aromatic heterocycles. The molecular weight excluding hydrogens is 230 g/mol. The van der Waals surface area contributed by atoms with Crippen LogP contribution in [-0.2, 0) is 4.79 Å². The van der Waals surface area contributed by atoms with Gasteiger partial charge in [0.15, 0.2) is 5.13 Å². The summed E-state index contributed by atoms with van der Waals surface area (Å²) < 4.78 is 0. The molecule has 15 heavy (non-hydrogen) atoms. The molecule has 0 aromatic carbocycles. The summed E-state index contributed by atoms with van der Waals surface area (Å²) >= 11 is 6.20. The fourth-order valence-electron chi connectivity index (χ4n) is 1.12. The molecule has 1 heterocycles. The molecule has 82 valence electrons. The third-order valence-electron chi connectivity index (χ3n) is 1.92. The van der Waals surface area contributed by atoms with E-state index in [0.717, 1.165) is 5.69 Å². The minimum atomic E-state index is -0.413. The average Bonchev–Trinajstić information content (AvgIpc) is 2.51. The first-order chi connectivity index (χ1) is 7.04. The lowest BCUT2D eigenvalue weighted by Gasteiger charge is -2.11. The Morgan fingerprint density at radius 3 is 2.87 bits per heavy atom. The Labute approximate surface area is 97.9 Å². The maximum absolute atomic E-state index is 11.7. The summed E-state index contributed by atoms with van der Waals surface area (Å²) in [6.07, 6.45) is 0.603. The molecule has 0 bridgehead atoms. The Morgan fingerprint density at radius 2 is 2.47 bits per heavy atom. The Kier molecular flexibility index (Phi) is 4.16. The van der Waals surface area contributed by atoms with Gasteiger partial charge in [0.25, 0.3) is 0 Å². The lowest BCUT2D eigenvalue weighted by molar-refractivity contribution is -0.118. The van der Waals surface area contributed by atoms with Crippen LogP contribution in [0.3, 0.4) is 0 Å². The Bertz CT molecular complexity index is 375. The number of anilines is 1. The highest BCUT2D eigenvalue weighted by Crippen LogP contribution is 2.16. The lowest BCUT2D eigenvalue weighted by atomic mass is 10.1. The highest BCUT2D eigenvalue weighted by Gasteiger charge is 2.19. The van der Waals surface area contributed by atoms with Crippen molar-refractivity contribution >= 4 is 39.6 Å². The zero-order valence-corrected chi connectivity index (χ0v) is 10.2. The first kappa shape index (κ1) is 12.1. The molecule has 0 aliphatic heterocycles.